The molecule has 4 N–H and O–H groups in total. The monoisotopic (exact) mass is 314 g/mol. The fourth-order valence-electron chi connectivity index (χ4n) is 2.74. The van der Waals surface area contributed by atoms with Crippen LogP contribution in [0.25, 0.3) is 0 Å². The van der Waals surface area contributed by atoms with Crippen molar-refractivity contribution >= 4 is 0 Å². The predicted octanol–water partition coefficient (Wildman–Crippen LogP) is 2.44. The minimum Gasteiger partial charge on any atom is -0.330 e. The van der Waals surface area contributed by atoms with Crippen molar-refractivity contribution in [3.8, 4) is 0 Å². The van der Waals surface area contributed by atoms with E-state index in [1.165, 1.54) is 32.2 Å². The summed E-state index contributed by atoms with van der Waals surface area (Å²) in [6, 6.07) is 0.608. The molecule has 1 unspecified atom stereocenters. The van der Waals surface area contributed by atoms with Crippen molar-refractivity contribution in [3.05, 3.63) is 0 Å². The molecule has 0 fully saturated rings. The van der Waals surface area contributed by atoms with Crippen molar-refractivity contribution in [3.63, 3.8) is 0 Å². The van der Waals surface area contributed by atoms with Gasteiger partial charge < -0.3 is 21.3 Å². The molecule has 0 aromatic heterocycles. The van der Waals surface area contributed by atoms with E-state index in [0.29, 0.717) is 6.04 Å². The molecule has 0 heterocycles. The molecule has 134 valence electrons. The Morgan fingerprint density at radius 3 is 2.36 bits per heavy atom. The maximum atomic E-state index is 5.61. The van der Waals surface area contributed by atoms with Gasteiger partial charge in [0.1, 0.15) is 0 Å². The van der Waals surface area contributed by atoms with Crippen LogP contribution in [0.4, 0.5) is 0 Å². The molecule has 0 saturated heterocycles. The van der Waals surface area contributed by atoms with Crippen LogP contribution in [0.3, 0.4) is 0 Å². The van der Waals surface area contributed by atoms with Crippen molar-refractivity contribution in [1.29, 1.82) is 0 Å². The van der Waals surface area contributed by atoms with E-state index in [1.54, 1.807) is 0 Å². The second-order valence-corrected chi connectivity index (χ2v) is 6.71. The normalized spacial score (nSPS) is 13.2. The Kier molecular flexibility index (Phi) is 15.6. The van der Waals surface area contributed by atoms with Crippen molar-refractivity contribution in [2.45, 2.75) is 65.8 Å². The molecule has 0 aliphatic carbocycles. The lowest BCUT2D eigenvalue weighted by molar-refractivity contribution is 0.268. The number of nitrogens with one attached hydrogen (secondary N) is 2. The summed E-state index contributed by atoms with van der Waals surface area (Å²) >= 11 is 0. The van der Waals surface area contributed by atoms with Crippen molar-refractivity contribution in [2.24, 2.45) is 11.7 Å². The van der Waals surface area contributed by atoms with E-state index >= 15 is 0 Å². The van der Waals surface area contributed by atoms with Crippen molar-refractivity contribution in [2.75, 3.05) is 45.8 Å². The Balaban J connectivity index is 3.70. The van der Waals surface area contributed by atoms with E-state index in [2.05, 4.69) is 43.2 Å². The van der Waals surface area contributed by atoms with Crippen LogP contribution < -0.4 is 16.4 Å². The van der Waals surface area contributed by atoms with E-state index in [-0.39, 0.29) is 0 Å². The van der Waals surface area contributed by atoms with Gasteiger partial charge in [0.25, 0.3) is 0 Å². The van der Waals surface area contributed by atoms with Gasteiger partial charge in [-0.15, -0.1) is 0 Å². The first-order valence-electron chi connectivity index (χ1n) is 9.50. The molecular formula is C18H42N4. The molecule has 0 rings (SSSR count). The van der Waals surface area contributed by atoms with Crippen LogP contribution in [-0.4, -0.2) is 56.8 Å². The molecule has 0 aromatic carbocycles. The van der Waals surface area contributed by atoms with Crippen molar-refractivity contribution < 1.29 is 0 Å². The zero-order chi connectivity index (χ0) is 16.6. The maximum absolute atomic E-state index is 5.61. The predicted molar refractivity (Wildman–Crippen MR) is 99.4 cm³/mol. The number of nitrogens with two attached hydrogens (primary N) is 1. The number of nitrogens with zero attached hydrogens (tertiary/aromatic N) is 1. The molecular weight excluding hydrogens is 272 g/mol. The summed E-state index contributed by atoms with van der Waals surface area (Å²) in [5.74, 6) is 0.817. The Labute approximate surface area is 139 Å². The summed E-state index contributed by atoms with van der Waals surface area (Å²) in [7, 11) is 0. The van der Waals surface area contributed by atoms with Crippen LogP contribution in [0, 0.1) is 5.92 Å². The van der Waals surface area contributed by atoms with Gasteiger partial charge in [0, 0.05) is 19.1 Å². The number of hydrogen-bond acceptors (Lipinski definition) is 4. The minimum absolute atomic E-state index is 0.608. The van der Waals surface area contributed by atoms with Crippen LogP contribution >= 0.6 is 0 Å². The first kappa shape index (κ1) is 21.8. The standard InChI is InChI=1S/C18H42N4/c1-5-13-22(14-8-10-19)15-12-20-16-18(6-2)9-7-11-21-17(3)4/h17-18,20-21H,5-16,19H2,1-4H3. The summed E-state index contributed by atoms with van der Waals surface area (Å²) < 4.78 is 0. The fraction of sp³-hybridized carbons (Fsp3) is 1.00. The molecule has 0 spiro atoms. The molecule has 0 amide bonds. The third kappa shape index (κ3) is 13.5. The van der Waals surface area contributed by atoms with Gasteiger partial charge in [0.05, 0.1) is 0 Å². The Morgan fingerprint density at radius 2 is 1.77 bits per heavy atom. The number of rotatable bonds is 16. The van der Waals surface area contributed by atoms with Gasteiger partial charge in [-0.1, -0.05) is 34.1 Å². The lowest BCUT2D eigenvalue weighted by Crippen LogP contribution is -2.35. The molecule has 0 aliphatic rings. The third-order valence-electron chi connectivity index (χ3n) is 4.18. The topological polar surface area (TPSA) is 53.3 Å². The van der Waals surface area contributed by atoms with Gasteiger partial charge in [0.15, 0.2) is 0 Å². The van der Waals surface area contributed by atoms with Crippen LogP contribution in [0.5, 0.6) is 0 Å². The van der Waals surface area contributed by atoms with E-state index in [4.69, 9.17) is 5.73 Å². The van der Waals surface area contributed by atoms with Gasteiger partial charge in [-0.2, -0.15) is 0 Å². The van der Waals surface area contributed by atoms with Gasteiger partial charge in [0.2, 0.25) is 0 Å². The molecule has 1 atom stereocenters. The molecule has 0 aliphatic heterocycles. The molecule has 4 heteroatoms. The fourth-order valence-corrected chi connectivity index (χ4v) is 2.74. The second kappa shape index (κ2) is 15.7. The van der Waals surface area contributed by atoms with Crippen LogP contribution in [-0.2, 0) is 0 Å². The SMILES string of the molecule is CCCN(CCCN)CCNCC(CC)CCCNC(C)C. The summed E-state index contributed by atoms with van der Waals surface area (Å²) in [6.45, 7) is 16.7. The zero-order valence-electron chi connectivity index (χ0n) is 15.7. The van der Waals surface area contributed by atoms with Crippen LogP contribution in [0.1, 0.15) is 59.8 Å². The second-order valence-electron chi connectivity index (χ2n) is 6.71. The highest BCUT2D eigenvalue weighted by molar-refractivity contribution is 4.65. The first-order valence-corrected chi connectivity index (χ1v) is 9.50. The van der Waals surface area contributed by atoms with Crippen LogP contribution in [0.15, 0.2) is 0 Å². The van der Waals surface area contributed by atoms with Gasteiger partial charge in [-0.05, 0) is 64.3 Å². The molecule has 0 saturated carbocycles. The average molecular weight is 315 g/mol. The Bertz CT molecular complexity index is 221. The molecule has 0 radical (unpaired) electrons. The quantitative estimate of drug-likeness (QED) is 0.383. The lowest BCUT2D eigenvalue weighted by Gasteiger charge is -2.22. The highest BCUT2D eigenvalue weighted by Crippen LogP contribution is 2.09. The van der Waals surface area contributed by atoms with E-state index in [1.807, 2.05) is 0 Å². The van der Waals surface area contributed by atoms with E-state index in [9.17, 15) is 0 Å². The lowest BCUT2D eigenvalue weighted by atomic mass is 10.0. The summed E-state index contributed by atoms with van der Waals surface area (Å²) in [6.07, 6.45) is 6.23. The van der Waals surface area contributed by atoms with Gasteiger partial charge in [-0.25, -0.2) is 0 Å². The van der Waals surface area contributed by atoms with Crippen LogP contribution in [0.2, 0.25) is 0 Å². The third-order valence-corrected chi connectivity index (χ3v) is 4.18. The molecule has 4 nitrogen and oxygen atoms in total. The molecule has 0 bridgehead atoms. The van der Waals surface area contributed by atoms with Gasteiger partial charge in [-0.3, -0.25) is 0 Å². The zero-order valence-corrected chi connectivity index (χ0v) is 15.7. The largest absolute Gasteiger partial charge is 0.330 e. The smallest absolute Gasteiger partial charge is 0.0107 e. The van der Waals surface area contributed by atoms with E-state index < -0.39 is 0 Å². The maximum Gasteiger partial charge on any atom is 0.0107 e. The van der Waals surface area contributed by atoms with E-state index in [0.717, 1.165) is 51.6 Å². The first-order chi connectivity index (χ1) is 10.6. The highest BCUT2D eigenvalue weighted by Gasteiger charge is 2.07. The summed E-state index contributed by atoms with van der Waals surface area (Å²) in [4.78, 5) is 2.54. The molecule has 0 aromatic rings. The highest BCUT2D eigenvalue weighted by atomic mass is 15.1. The summed E-state index contributed by atoms with van der Waals surface area (Å²) in [5, 5.41) is 7.16. The Morgan fingerprint density at radius 1 is 1.00 bits per heavy atom. The Hall–Kier alpha value is -0.160. The van der Waals surface area contributed by atoms with Gasteiger partial charge >= 0.3 is 0 Å². The average Bonchev–Trinajstić information content (AvgIpc) is 2.50. The number of hydrogen-bond donors (Lipinski definition) is 3. The minimum atomic E-state index is 0.608. The summed E-state index contributed by atoms with van der Waals surface area (Å²) in [5.41, 5.74) is 5.61. The molecule has 22 heavy (non-hydrogen) atoms. The van der Waals surface area contributed by atoms with Crippen molar-refractivity contribution in [1.82, 2.24) is 15.5 Å².